The summed E-state index contributed by atoms with van der Waals surface area (Å²) in [5, 5.41) is 30.3. The molecule has 1 aliphatic heterocycles. The van der Waals surface area contributed by atoms with Crippen LogP contribution in [0.3, 0.4) is 0 Å². The van der Waals surface area contributed by atoms with Gasteiger partial charge in [0.1, 0.15) is 0 Å². The number of pyridine rings is 1. The second kappa shape index (κ2) is 11.1. The molecule has 3 rings (SSSR count). The zero-order valence-electron chi connectivity index (χ0n) is 18.2. The lowest BCUT2D eigenvalue weighted by atomic mass is 10.1. The molecule has 172 valence electrons. The highest BCUT2D eigenvalue weighted by atomic mass is 16.6. The maximum absolute atomic E-state index is 11.4. The minimum Gasteiger partial charge on any atom is -0.480 e. The van der Waals surface area contributed by atoms with Crippen molar-refractivity contribution in [3.63, 3.8) is 0 Å². The Balaban J connectivity index is 1.83. The Morgan fingerprint density at radius 2 is 1.75 bits per heavy atom. The van der Waals surface area contributed by atoms with Crippen LogP contribution >= 0.6 is 0 Å². The second-order valence-electron chi connectivity index (χ2n) is 8.11. The van der Waals surface area contributed by atoms with Crippen molar-refractivity contribution in [2.24, 2.45) is 0 Å². The summed E-state index contributed by atoms with van der Waals surface area (Å²) in [6.45, 7) is 3.73. The molecule has 1 aromatic carbocycles. The van der Waals surface area contributed by atoms with Gasteiger partial charge in [0.25, 0.3) is 5.69 Å². The molecule has 32 heavy (non-hydrogen) atoms. The van der Waals surface area contributed by atoms with Gasteiger partial charge in [-0.15, -0.1) is 0 Å². The van der Waals surface area contributed by atoms with E-state index in [4.69, 9.17) is 0 Å². The van der Waals surface area contributed by atoms with Gasteiger partial charge in [0, 0.05) is 57.9 Å². The third-order valence-electron chi connectivity index (χ3n) is 5.54. The Hall–Kier alpha value is -2.92. The predicted octanol–water partition coefficient (Wildman–Crippen LogP) is 1.32. The maximum Gasteiger partial charge on any atom is 0.317 e. The Bertz CT molecular complexity index is 954. The summed E-state index contributed by atoms with van der Waals surface area (Å²) >= 11 is 0. The van der Waals surface area contributed by atoms with Gasteiger partial charge in [-0.1, -0.05) is 6.07 Å². The van der Waals surface area contributed by atoms with Gasteiger partial charge in [-0.05, 0) is 36.4 Å². The highest BCUT2D eigenvalue weighted by Crippen LogP contribution is 2.20. The van der Waals surface area contributed by atoms with E-state index in [0.717, 1.165) is 17.9 Å². The number of aliphatic hydroxyl groups excluding tert-OH is 1. The van der Waals surface area contributed by atoms with Gasteiger partial charge in [0.15, 0.2) is 0 Å². The van der Waals surface area contributed by atoms with Crippen LogP contribution in [0, 0.1) is 10.1 Å². The van der Waals surface area contributed by atoms with Gasteiger partial charge in [-0.2, -0.15) is 0 Å². The predicted molar refractivity (Wildman–Crippen MR) is 118 cm³/mol. The molecule has 0 aliphatic carbocycles. The smallest absolute Gasteiger partial charge is 0.317 e. The average Bonchev–Trinajstić information content (AvgIpc) is 2.74. The Kier molecular flexibility index (Phi) is 8.23. The molecule has 0 saturated carbocycles. The van der Waals surface area contributed by atoms with Crippen LogP contribution in [-0.4, -0.2) is 80.6 Å². The Morgan fingerprint density at radius 3 is 2.44 bits per heavy atom. The molecule has 0 unspecified atom stereocenters. The highest BCUT2D eigenvalue weighted by Gasteiger charge is 2.18. The quantitative estimate of drug-likeness (QED) is 0.502. The van der Waals surface area contributed by atoms with Crippen molar-refractivity contribution in [3.8, 4) is 0 Å². The molecule has 0 radical (unpaired) electrons. The van der Waals surface area contributed by atoms with Crippen LogP contribution in [0.1, 0.15) is 22.5 Å². The molecular weight excluding hydrogens is 414 g/mol. The summed E-state index contributed by atoms with van der Waals surface area (Å²) < 4.78 is 0. The van der Waals surface area contributed by atoms with Crippen LogP contribution in [0.2, 0.25) is 0 Å². The molecule has 0 atom stereocenters. The minimum absolute atomic E-state index is 0.0132. The number of likely N-dealkylation sites (N-methyl/N-ethyl adjacent to an activating group) is 1. The van der Waals surface area contributed by atoms with E-state index in [9.17, 15) is 25.1 Å². The van der Waals surface area contributed by atoms with Crippen LogP contribution in [0.5, 0.6) is 0 Å². The number of nitrogens with zero attached hydrogens (tertiary/aromatic N) is 5. The topological polar surface area (TPSA) is 123 Å². The van der Waals surface area contributed by atoms with Crippen molar-refractivity contribution in [1.82, 2.24) is 19.7 Å². The molecule has 2 heterocycles. The van der Waals surface area contributed by atoms with Crippen molar-refractivity contribution in [1.29, 1.82) is 0 Å². The Labute approximate surface area is 186 Å². The molecule has 1 aromatic heterocycles. The number of carboxylic acids is 1. The summed E-state index contributed by atoms with van der Waals surface area (Å²) in [5.74, 6) is -0.902. The summed E-state index contributed by atoms with van der Waals surface area (Å²) in [6, 6.07) is 10.3. The lowest BCUT2D eigenvalue weighted by Crippen LogP contribution is -2.40. The molecule has 10 nitrogen and oxygen atoms in total. The van der Waals surface area contributed by atoms with Crippen molar-refractivity contribution in [3.05, 3.63) is 69.0 Å². The monoisotopic (exact) mass is 443 g/mol. The largest absolute Gasteiger partial charge is 0.480 e. The van der Waals surface area contributed by atoms with E-state index in [0.29, 0.717) is 50.4 Å². The zero-order chi connectivity index (χ0) is 23.1. The van der Waals surface area contributed by atoms with Gasteiger partial charge in [0.2, 0.25) is 0 Å². The van der Waals surface area contributed by atoms with E-state index in [1.807, 2.05) is 30.1 Å². The van der Waals surface area contributed by atoms with Gasteiger partial charge >= 0.3 is 5.97 Å². The third-order valence-corrected chi connectivity index (χ3v) is 5.54. The molecule has 2 N–H and O–H groups in total. The number of carbonyl (C=O) groups is 1. The normalized spacial score (nSPS) is 16.8. The van der Waals surface area contributed by atoms with Gasteiger partial charge in [-0.3, -0.25) is 34.6 Å². The Morgan fingerprint density at radius 1 is 1.06 bits per heavy atom. The van der Waals surface area contributed by atoms with E-state index in [-0.39, 0.29) is 18.8 Å². The number of hydrogen-bond donors (Lipinski definition) is 2. The molecule has 0 saturated heterocycles. The van der Waals surface area contributed by atoms with E-state index < -0.39 is 10.9 Å². The van der Waals surface area contributed by atoms with Crippen molar-refractivity contribution >= 4 is 11.7 Å². The van der Waals surface area contributed by atoms with Crippen LogP contribution in [0.25, 0.3) is 0 Å². The average molecular weight is 444 g/mol. The first-order chi connectivity index (χ1) is 15.3. The number of aliphatic hydroxyl groups is 1. The minimum atomic E-state index is -0.902. The van der Waals surface area contributed by atoms with Crippen LogP contribution in [0.15, 0.2) is 36.4 Å². The van der Waals surface area contributed by atoms with Crippen molar-refractivity contribution in [2.75, 3.05) is 39.8 Å². The van der Waals surface area contributed by atoms with Gasteiger partial charge in [-0.25, -0.2) is 0 Å². The first-order valence-electron chi connectivity index (χ1n) is 10.5. The van der Waals surface area contributed by atoms with Crippen LogP contribution in [0.4, 0.5) is 5.69 Å². The fraction of sp³-hybridized carbons (Fsp3) is 0.455. The number of benzene rings is 1. The van der Waals surface area contributed by atoms with Gasteiger partial charge in [0.05, 0.1) is 29.5 Å². The number of rotatable bonds is 6. The summed E-state index contributed by atoms with van der Waals surface area (Å²) in [6.07, 6.45) is 0. The van der Waals surface area contributed by atoms with E-state index in [1.54, 1.807) is 6.07 Å². The zero-order valence-corrected chi connectivity index (χ0v) is 18.2. The molecule has 10 heteroatoms. The summed E-state index contributed by atoms with van der Waals surface area (Å²) in [5.41, 5.74) is 3.09. The molecule has 1 aliphatic rings. The SMILES string of the molecule is CN1CCN(Cc2cc([N+](=O)[O-])ccc2CO)CCN(CC(=O)O)Cc2cccc(n2)C1. The number of nitro benzene ring substituents is 1. The van der Waals surface area contributed by atoms with Crippen LogP contribution in [-0.2, 0) is 31.0 Å². The standard InChI is InChI=1S/C22H29N5O5/c1-24-7-8-25(12-18-11-21(27(31)32)6-5-17(18)16-28)9-10-26(15-22(29)30)14-20-4-2-3-19(13-24)23-20/h2-6,11,28H,7-10,12-16H2,1H3,(H,29,30). The molecule has 0 spiro atoms. The van der Waals surface area contributed by atoms with Crippen molar-refractivity contribution < 1.29 is 19.9 Å². The first-order valence-corrected chi connectivity index (χ1v) is 10.5. The van der Waals surface area contributed by atoms with E-state index >= 15 is 0 Å². The number of aliphatic carboxylic acids is 1. The lowest BCUT2D eigenvalue weighted by molar-refractivity contribution is -0.385. The van der Waals surface area contributed by atoms with E-state index in [2.05, 4.69) is 14.8 Å². The number of fused-ring (bicyclic) bond motifs is 2. The number of non-ortho nitro benzene ring substituents is 1. The van der Waals surface area contributed by atoms with E-state index in [1.165, 1.54) is 12.1 Å². The third kappa shape index (κ3) is 6.79. The fourth-order valence-electron chi connectivity index (χ4n) is 3.83. The first kappa shape index (κ1) is 23.7. The molecular formula is C22H29N5O5. The number of nitro groups is 1. The molecule has 2 bridgehead atoms. The van der Waals surface area contributed by atoms with Gasteiger partial charge < -0.3 is 10.2 Å². The fourth-order valence-corrected chi connectivity index (χ4v) is 3.83. The van der Waals surface area contributed by atoms with Crippen molar-refractivity contribution in [2.45, 2.75) is 26.2 Å². The number of aromatic nitrogens is 1. The molecule has 0 amide bonds. The summed E-state index contributed by atoms with van der Waals surface area (Å²) in [7, 11) is 2.02. The second-order valence-corrected chi connectivity index (χ2v) is 8.11. The number of carboxylic acid groups (broad SMARTS) is 1. The van der Waals surface area contributed by atoms with Crippen LogP contribution < -0.4 is 0 Å². The number of hydrogen-bond acceptors (Lipinski definition) is 8. The molecule has 0 fully saturated rings. The molecule has 2 aromatic rings. The lowest BCUT2D eigenvalue weighted by Gasteiger charge is -2.30. The maximum atomic E-state index is 11.4. The summed E-state index contributed by atoms with van der Waals surface area (Å²) in [4.78, 5) is 33.0. The highest BCUT2D eigenvalue weighted by molar-refractivity contribution is 5.69.